The minimum absolute atomic E-state index is 0.0153. The summed E-state index contributed by atoms with van der Waals surface area (Å²) in [6.07, 6.45) is 1.90. The first kappa shape index (κ1) is 13.6. The minimum Gasteiger partial charge on any atom is -0.480 e. The van der Waals surface area contributed by atoms with E-state index in [-0.39, 0.29) is 6.54 Å². The van der Waals surface area contributed by atoms with Gasteiger partial charge in [0.15, 0.2) is 0 Å². The number of para-hydroxylation sites is 1. The van der Waals surface area contributed by atoms with Crippen molar-refractivity contribution < 1.29 is 14.6 Å². The molecule has 1 aromatic carbocycles. The van der Waals surface area contributed by atoms with Gasteiger partial charge >= 0.3 is 5.97 Å². The molecule has 0 aliphatic rings. The summed E-state index contributed by atoms with van der Waals surface area (Å²) in [5.41, 5.74) is 2.06. The second kappa shape index (κ2) is 6.36. The van der Waals surface area contributed by atoms with Crippen molar-refractivity contribution in [2.45, 2.75) is 13.1 Å². The van der Waals surface area contributed by atoms with Gasteiger partial charge in [0.2, 0.25) is 0 Å². The Kier molecular flexibility index (Phi) is 4.54. The summed E-state index contributed by atoms with van der Waals surface area (Å²) in [5.74, 6) is -0.834. The predicted molar refractivity (Wildman–Crippen MR) is 73.2 cm³/mol. The number of hydrogen-bond donors (Lipinski definition) is 2. The van der Waals surface area contributed by atoms with Crippen LogP contribution < -0.4 is 5.32 Å². The molecule has 0 atom stereocenters. The number of hydrogen-bond acceptors (Lipinski definition) is 3. The second-order valence-electron chi connectivity index (χ2n) is 4.36. The van der Waals surface area contributed by atoms with Crippen molar-refractivity contribution in [3.05, 3.63) is 36.0 Å². The normalized spacial score (nSPS) is 11.0. The summed E-state index contributed by atoms with van der Waals surface area (Å²) in [5, 5.41) is 13.3. The molecule has 2 N–H and O–H groups in total. The SMILES string of the molecule is COCCNCc1cn(CC(=O)O)c2ccccc12. The highest BCUT2D eigenvalue weighted by Crippen LogP contribution is 2.21. The number of carboxylic acid groups (broad SMARTS) is 1. The van der Waals surface area contributed by atoms with Crippen LogP contribution in [0.3, 0.4) is 0 Å². The Bertz CT molecular complexity index is 563. The van der Waals surface area contributed by atoms with Crippen LogP contribution in [-0.4, -0.2) is 35.9 Å². The first-order valence-electron chi connectivity index (χ1n) is 6.20. The van der Waals surface area contributed by atoms with Gasteiger partial charge < -0.3 is 19.7 Å². The molecule has 5 heteroatoms. The van der Waals surface area contributed by atoms with Gasteiger partial charge in [-0.15, -0.1) is 0 Å². The molecule has 0 aliphatic heterocycles. The van der Waals surface area contributed by atoms with Gasteiger partial charge in [0.05, 0.1) is 6.61 Å². The largest absolute Gasteiger partial charge is 0.480 e. The van der Waals surface area contributed by atoms with E-state index in [1.165, 1.54) is 0 Å². The fourth-order valence-electron chi connectivity index (χ4n) is 2.14. The van der Waals surface area contributed by atoms with E-state index in [1.54, 1.807) is 11.7 Å². The molecule has 0 aliphatic carbocycles. The van der Waals surface area contributed by atoms with E-state index in [0.717, 1.165) is 23.0 Å². The lowest BCUT2D eigenvalue weighted by Crippen LogP contribution is -2.18. The lowest BCUT2D eigenvalue weighted by atomic mass is 10.2. The number of nitrogens with one attached hydrogen (secondary N) is 1. The molecule has 0 fully saturated rings. The van der Waals surface area contributed by atoms with Crippen LogP contribution in [0.1, 0.15) is 5.56 Å². The fraction of sp³-hybridized carbons (Fsp3) is 0.357. The van der Waals surface area contributed by atoms with Crippen LogP contribution in [0, 0.1) is 0 Å². The van der Waals surface area contributed by atoms with Crippen LogP contribution >= 0.6 is 0 Å². The van der Waals surface area contributed by atoms with Crippen molar-refractivity contribution >= 4 is 16.9 Å². The lowest BCUT2D eigenvalue weighted by Gasteiger charge is -2.02. The zero-order chi connectivity index (χ0) is 13.7. The maximum atomic E-state index is 10.9. The Morgan fingerprint density at radius 2 is 2.21 bits per heavy atom. The highest BCUT2D eigenvalue weighted by Gasteiger charge is 2.09. The summed E-state index contributed by atoms with van der Waals surface area (Å²) in [7, 11) is 1.67. The molecule has 5 nitrogen and oxygen atoms in total. The average molecular weight is 262 g/mol. The number of nitrogens with zero attached hydrogens (tertiary/aromatic N) is 1. The van der Waals surface area contributed by atoms with Gasteiger partial charge in [-0.2, -0.15) is 0 Å². The number of ether oxygens (including phenoxy) is 1. The maximum Gasteiger partial charge on any atom is 0.323 e. The van der Waals surface area contributed by atoms with Crippen LogP contribution in [0.15, 0.2) is 30.5 Å². The molecule has 2 aromatic rings. The van der Waals surface area contributed by atoms with Gasteiger partial charge in [0, 0.05) is 37.3 Å². The Labute approximate surface area is 111 Å². The molecule has 0 spiro atoms. The van der Waals surface area contributed by atoms with E-state index in [2.05, 4.69) is 5.32 Å². The average Bonchev–Trinajstić information content (AvgIpc) is 2.73. The third-order valence-corrected chi connectivity index (χ3v) is 2.98. The highest BCUT2D eigenvalue weighted by atomic mass is 16.5. The standard InChI is InChI=1S/C14H18N2O3/c1-19-7-6-15-8-11-9-16(10-14(17)18)13-5-3-2-4-12(11)13/h2-5,9,15H,6-8,10H2,1H3,(H,17,18). The van der Waals surface area contributed by atoms with Gasteiger partial charge in [-0.05, 0) is 11.6 Å². The number of rotatable bonds is 7. The number of aliphatic carboxylic acids is 1. The smallest absolute Gasteiger partial charge is 0.323 e. The third kappa shape index (κ3) is 3.33. The Hall–Kier alpha value is -1.85. The van der Waals surface area contributed by atoms with Crippen molar-refractivity contribution in [1.29, 1.82) is 0 Å². The molecule has 0 radical (unpaired) electrons. The van der Waals surface area contributed by atoms with Gasteiger partial charge in [-0.1, -0.05) is 18.2 Å². The molecule has 0 amide bonds. The molecule has 0 bridgehead atoms. The number of aromatic nitrogens is 1. The van der Waals surface area contributed by atoms with Crippen molar-refractivity contribution in [1.82, 2.24) is 9.88 Å². The maximum absolute atomic E-state index is 10.9. The zero-order valence-corrected chi connectivity index (χ0v) is 10.9. The molecule has 102 valence electrons. The van der Waals surface area contributed by atoms with E-state index in [1.807, 2.05) is 30.5 Å². The molecule has 1 aromatic heterocycles. The summed E-state index contributed by atoms with van der Waals surface area (Å²) in [4.78, 5) is 10.9. The van der Waals surface area contributed by atoms with Crippen LogP contribution in [0.2, 0.25) is 0 Å². The number of methoxy groups -OCH3 is 1. The van der Waals surface area contributed by atoms with Crippen LogP contribution in [0.5, 0.6) is 0 Å². The molecule has 0 unspecified atom stereocenters. The molecule has 1 heterocycles. The van der Waals surface area contributed by atoms with E-state index in [0.29, 0.717) is 13.2 Å². The van der Waals surface area contributed by atoms with Crippen molar-refractivity contribution in [3.63, 3.8) is 0 Å². The number of carboxylic acids is 1. The summed E-state index contributed by atoms with van der Waals surface area (Å²) < 4.78 is 6.75. The van der Waals surface area contributed by atoms with Crippen molar-refractivity contribution in [2.24, 2.45) is 0 Å². The number of benzene rings is 1. The summed E-state index contributed by atoms with van der Waals surface area (Å²) in [6, 6.07) is 7.84. The molecule has 19 heavy (non-hydrogen) atoms. The minimum atomic E-state index is -0.834. The van der Waals surface area contributed by atoms with Gasteiger partial charge in [-0.25, -0.2) is 0 Å². The first-order chi connectivity index (χ1) is 9.22. The predicted octanol–water partition coefficient (Wildman–Crippen LogP) is 1.46. The van der Waals surface area contributed by atoms with E-state index in [4.69, 9.17) is 9.84 Å². The van der Waals surface area contributed by atoms with Crippen LogP contribution in [0.4, 0.5) is 0 Å². The lowest BCUT2D eigenvalue weighted by molar-refractivity contribution is -0.137. The highest BCUT2D eigenvalue weighted by molar-refractivity contribution is 5.85. The zero-order valence-electron chi connectivity index (χ0n) is 10.9. The monoisotopic (exact) mass is 262 g/mol. The summed E-state index contributed by atoms with van der Waals surface area (Å²) >= 11 is 0. The van der Waals surface area contributed by atoms with Crippen LogP contribution in [0.25, 0.3) is 10.9 Å². The van der Waals surface area contributed by atoms with Crippen molar-refractivity contribution in [2.75, 3.05) is 20.3 Å². The molecular weight excluding hydrogens is 244 g/mol. The van der Waals surface area contributed by atoms with E-state index in [9.17, 15) is 4.79 Å². The third-order valence-electron chi connectivity index (χ3n) is 2.98. The Morgan fingerprint density at radius 1 is 1.42 bits per heavy atom. The molecular formula is C14H18N2O3. The molecule has 2 rings (SSSR count). The van der Waals surface area contributed by atoms with Crippen molar-refractivity contribution in [3.8, 4) is 0 Å². The fourth-order valence-corrected chi connectivity index (χ4v) is 2.14. The Morgan fingerprint density at radius 3 is 2.95 bits per heavy atom. The topological polar surface area (TPSA) is 63.5 Å². The second-order valence-corrected chi connectivity index (χ2v) is 4.36. The number of fused-ring (bicyclic) bond motifs is 1. The van der Waals surface area contributed by atoms with Crippen LogP contribution in [-0.2, 0) is 22.6 Å². The quantitative estimate of drug-likeness (QED) is 0.742. The Balaban J connectivity index is 2.20. The number of carbonyl (C=O) groups is 1. The molecule has 0 saturated heterocycles. The van der Waals surface area contributed by atoms with E-state index < -0.39 is 5.97 Å². The molecule has 0 saturated carbocycles. The van der Waals surface area contributed by atoms with Gasteiger partial charge in [0.1, 0.15) is 6.54 Å². The first-order valence-corrected chi connectivity index (χ1v) is 6.20. The summed E-state index contributed by atoms with van der Waals surface area (Å²) in [6.45, 7) is 2.12. The van der Waals surface area contributed by atoms with E-state index >= 15 is 0 Å². The van der Waals surface area contributed by atoms with Gasteiger partial charge in [-0.3, -0.25) is 4.79 Å². The van der Waals surface area contributed by atoms with Gasteiger partial charge in [0.25, 0.3) is 0 Å².